The topological polar surface area (TPSA) is 93.7 Å². The van der Waals surface area contributed by atoms with Crippen molar-refractivity contribution in [1.82, 2.24) is 5.32 Å². The maximum Gasteiger partial charge on any atom is 0.338 e. The first-order valence-corrected chi connectivity index (χ1v) is 7.58. The van der Waals surface area contributed by atoms with Gasteiger partial charge in [0.1, 0.15) is 0 Å². The second-order valence-corrected chi connectivity index (χ2v) is 5.48. The molecule has 0 saturated heterocycles. The summed E-state index contributed by atoms with van der Waals surface area (Å²) in [7, 11) is 1.53. The smallest absolute Gasteiger partial charge is 0.338 e. The van der Waals surface area contributed by atoms with Crippen LogP contribution in [0.4, 0.5) is 5.69 Å². The van der Waals surface area contributed by atoms with Gasteiger partial charge in [-0.25, -0.2) is 4.79 Å². The molecule has 0 unspecified atom stereocenters. The predicted molar refractivity (Wildman–Crippen MR) is 81.0 cm³/mol. The fourth-order valence-electron chi connectivity index (χ4n) is 1.77. The molecule has 118 valence electrons. The molecule has 1 aliphatic rings. The minimum Gasteiger partial charge on any atom is -0.452 e. The van der Waals surface area contributed by atoms with Crippen LogP contribution in [0.3, 0.4) is 0 Å². The van der Waals surface area contributed by atoms with E-state index in [9.17, 15) is 14.4 Å². The number of carbonyl (C=O) groups is 3. The number of carbonyl (C=O) groups excluding carboxylic acids is 3. The SMILES string of the molecule is COCCNC(=O)COC(=O)c1ccc2c(c1)NC(=O)CS2. The lowest BCUT2D eigenvalue weighted by molar-refractivity contribution is -0.124. The number of methoxy groups -OCH3 is 1. The van der Waals surface area contributed by atoms with Gasteiger partial charge in [0.05, 0.1) is 23.6 Å². The summed E-state index contributed by atoms with van der Waals surface area (Å²) in [6.07, 6.45) is 0. The highest BCUT2D eigenvalue weighted by Gasteiger charge is 2.18. The van der Waals surface area contributed by atoms with Crippen LogP contribution in [0, 0.1) is 0 Å². The fraction of sp³-hybridized carbons (Fsp3) is 0.357. The molecule has 1 aromatic rings. The standard InChI is InChI=1S/C14H16N2O5S/c1-20-5-4-15-12(17)7-21-14(19)9-2-3-11-10(6-9)16-13(18)8-22-11/h2-3,6H,4-5,7-8H2,1H3,(H,15,17)(H,16,18). The van der Waals surface area contributed by atoms with Crippen molar-refractivity contribution in [1.29, 1.82) is 0 Å². The molecule has 0 saturated carbocycles. The number of hydrogen-bond acceptors (Lipinski definition) is 6. The van der Waals surface area contributed by atoms with Gasteiger partial charge in [-0.1, -0.05) is 0 Å². The number of amides is 2. The lowest BCUT2D eigenvalue weighted by Gasteiger charge is -2.16. The van der Waals surface area contributed by atoms with E-state index in [0.717, 1.165) is 4.90 Å². The summed E-state index contributed by atoms with van der Waals surface area (Å²) in [6, 6.07) is 4.90. The molecule has 1 heterocycles. The Morgan fingerprint density at radius 1 is 1.41 bits per heavy atom. The summed E-state index contributed by atoms with van der Waals surface area (Å²) < 4.78 is 9.72. The summed E-state index contributed by atoms with van der Waals surface area (Å²) in [5, 5.41) is 5.24. The van der Waals surface area contributed by atoms with Gasteiger partial charge in [-0.05, 0) is 18.2 Å². The molecule has 1 aliphatic heterocycles. The van der Waals surface area contributed by atoms with Gasteiger partial charge < -0.3 is 20.1 Å². The van der Waals surface area contributed by atoms with Gasteiger partial charge in [-0.15, -0.1) is 11.8 Å². The Bertz CT molecular complexity index is 591. The van der Waals surface area contributed by atoms with Crippen molar-refractivity contribution in [2.75, 3.05) is 37.9 Å². The van der Waals surface area contributed by atoms with Gasteiger partial charge in [-0.2, -0.15) is 0 Å². The molecular formula is C14H16N2O5S. The Morgan fingerprint density at radius 3 is 3.00 bits per heavy atom. The first-order chi connectivity index (χ1) is 10.6. The molecule has 2 rings (SSSR count). The number of ether oxygens (including phenoxy) is 2. The monoisotopic (exact) mass is 324 g/mol. The van der Waals surface area contributed by atoms with E-state index in [-0.39, 0.29) is 18.1 Å². The summed E-state index contributed by atoms with van der Waals surface area (Å²) in [5.41, 5.74) is 0.867. The van der Waals surface area contributed by atoms with Crippen LogP contribution >= 0.6 is 11.8 Å². The summed E-state index contributed by atoms with van der Waals surface area (Å²) in [4.78, 5) is 35.6. The summed E-state index contributed by atoms with van der Waals surface area (Å²) in [5.74, 6) is -0.763. The van der Waals surface area contributed by atoms with Gasteiger partial charge in [-0.3, -0.25) is 9.59 Å². The van der Waals surface area contributed by atoms with Crippen molar-refractivity contribution in [3.05, 3.63) is 23.8 Å². The highest BCUT2D eigenvalue weighted by Crippen LogP contribution is 2.32. The Kier molecular flexibility index (Phi) is 5.79. The van der Waals surface area contributed by atoms with Gasteiger partial charge in [0.2, 0.25) is 5.91 Å². The largest absolute Gasteiger partial charge is 0.452 e. The average molecular weight is 324 g/mol. The number of anilines is 1. The fourth-order valence-corrected chi connectivity index (χ4v) is 2.56. The van der Waals surface area contributed by atoms with Crippen LogP contribution in [0.2, 0.25) is 0 Å². The molecule has 0 fully saturated rings. The molecule has 2 amide bonds. The van der Waals surface area contributed by atoms with Gasteiger partial charge >= 0.3 is 5.97 Å². The van der Waals surface area contributed by atoms with Crippen molar-refractivity contribution in [3.8, 4) is 0 Å². The normalized spacial score (nSPS) is 13.0. The summed E-state index contributed by atoms with van der Waals surface area (Å²) >= 11 is 1.41. The number of benzene rings is 1. The van der Waals surface area contributed by atoms with Crippen molar-refractivity contribution in [3.63, 3.8) is 0 Å². The Morgan fingerprint density at radius 2 is 2.23 bits per heavy atom. The second-order valence-electron chi connectivity index (χ2n) is 4.47. The molecule has 1 aromatic carbocycles. The quantitative estimate of drug-likeness (QED) is 0.589. The van der Waals surface area contributed by atoms with Crippen LogP contribution in [0.15, 0.2) is 23.1 Å². The van der Waals surface area contributed by atoms with Crippen LogP contribution in [0.1, 0.15) is 10.4 Å². The zero-order valence-corrected chi connectivity index (χ0v) is 12.8. The lowest BCUT2D eigenvalue weighted by atomic mass is 10.2. The van der Waals surface area contributed by atoms with Crippen LogP contribution in [0.5, 0.6) is 0 Å². The van der Waals surface area contributed by atoms with Gasteiger partial charge in [0, 0.05) is 18.6 Å². The zero-order valence-electron chi connectivity index (χ0n) is 12.0. The maximum atomic E-state index is 11.9. The van der Waals surface area contributed by atoms with E-state index in [4.69, 9.17) is 9.47 Å². The second kappa shape index (κ2) is 7.81. The molecule has 7 nitrogen and oxygen atoms in total. The number of thioether (sulfide) groups is 1. The van der Waals surface area contributed by atoms with E-state index in [1.807, 2.05) is 0 Å². The van der Waals surface area contributed by atoms with Gasteiger partial charge in [0.25, 0.3) is 5.91 Å². The lowest BCUT2D eigenvalue weighted by Crippen LogP contribution is -2.31. The zero-order chi connectivity index (χ0) is 15.9. The van der Waals surface area contributed by atoms with Crippen molar-refractivity contribution in [2.45, 2.75) is 4.90 Å². The van der Waals surface area contributed by atoms with Crippen LogP contribution < -0.4 is 10.6 Å². The van der Waals surface area contributed by atoms with Crippen LogP contribution in [-0.4, -0.2) is 50.4 Å². The molecule has 0 spiro atoms. The van der Waals surface area contributed by atoms with E-state index >= 15 is 0 Å². The Hall–Kier alpha value is -2.06. The van der Waals surface area contributed by atoms with Crippen LogP contribution in [-0.2, 0) is 19.1 Å². The number of rotatable bonds is 6. The third-order valence-corrected chi connectivity index (χ3v) is 3.88. The first-order valence-electron chi connectivity index (χ1n) is 6.59. The average Bonchev–Trinajstić information content (AvgIpc) is 2.52. The van der Waals surface area contributed by atoms with E-state index in [1.165, 1.54) is 18.9 Å². The van der Waals surface area contributed by atoms with Crippen LogP contribution in [0.25, 0.3) is 0 Å². The number of esters is 1. The minimum absolute atomic E-state index is 0.111. The van der Waals surface area contributed by atoms with Crippen molar-refractivity contribution in [2.24, 2.45) is 0 Å². The molecule has 0 bridgehead atoms. The molecule has 2 N–H and O–H groups in total. The van der Waals surface area contributed by atoms with Crippen molar-refractivity contribution >= 4 is 35.2 Å². The van der Waals surface area contributed by atoms with E-state index in [2.05, 4.69) is 10.6 Å². The Balaban J connectivity index is 1.89. The number of nitrogens with one attached hydrogen (secondary N) is 2. The van der Waals surface area contributed by atoms with E-state index < -0.39 is 11.9 Å². The summed E-state index contributed by atoms with van der Waals surface area (Å²) in [6.45, 7) is 0.387. The maximum absolute atomic E-state index is 11.9. The predicted octanol–water partition coefficient (Wildman–Crippen LogP) is 0.650. The highest BCUT2D eigenvalue weighted by molar-refractivity contribution is 8.00. The third kappa shape index (κ3) is 4.47. The highest BCUT2D eigenvalue weighted by atomic mass is 32.2. The molecule has 0 aromatic heterocycles. The van der Waals surface area contributed by atoms with Gasteiger partial charge in [0.15, 0.2) is 6.61 Å². The molecule has 0 aliphatic carbocycles. The number of hydrogen-bond donors (Lipinski definition) is 2. The Labute approximate surface area is 131 Å². The van der Waals surface area contributed by atoms with E-state index in [1.54, 1.807) is 18.2 Å². The molecular weight excluding hydrogens is 308 g/mol. The van der Waals surface area contributed by atoms with E-state index in [0.29, 0.717) is 24.6 Å². The third-order valence-electron chi connectivity index (χ3n) is 2.81. The molecule has 0 atom stereocenters. The number of fused-ring (bicyclic) bond motifs is 1. The minimum atomic E-state index is -0.616. The molecule has 8 heteroatoms. The molecule has 22 heavy (non-hydrogen) atoms. The molecule has 0 radical (unpaired) electrons. The first kappa shape index (κ1) is 16.3. The van der Waals surface area contributed by atoms with Crippen molar-refractivity contribution < 1.29 is 23.9 Å².